The molecule has 4 fully saturated rings. The van der Waals surface area contributed by atoms with E-state index < -0.39 is 0 Å². The summed E-state index contributed by atoms with van der Waals surface area (Å²) in [5, 5.41) is 4.04. The standard InChI is InChI=1S/C34H34N6O2/c1-38-29-11-8-23(34(42)39-18-20-4-9-25(39)12-20)14-28(29)37-32(38)30-15-22-7-10-27(36-31(22)40(30)17-19-2-3-19)21-5-6-24-16-35-33(41)26(24)13-21/h6-8,10-11,13-15,19-21,25H,2-5,9,12,16-18H2,1H3,(H,35,41). The van der Waals surface area contributed by atoms with Gasteiger partial charge in [-0.3, -0.25) is 9.59 Å². The molecule has 2 amide bonds. The SMILES string of the molecule is Cn1c(-c2cc3ccc(C4C=C5C(=O)NCC5=CC4)nc3n2CC2CC2)nc2cc(C(=O)N3CC4CCC3C4)ccc21. The predicted molar refractivity (Wildman–Crippen MR) is 161 cm³/mol. The van der Waals surface area contributed by atoms with E-state index in [4.69, 9.17) is 9.97 Å². The molecule has 2 saturated carbocycles. The van der Waals surface area contributed by atoms with Crippen molar-refractivity contribution in [3.05, 3.63) is 71.0 Å². The number of hydrogen-bond acceptors (Lipinski definition) is 4. The Bertz CT molecular complexity index is 1890. The topological polar surface area (TPSA) is 85.0 Å². The monoisotopic (exact) mass is 558 g/mol. The lowest BCUT2D eigenvalue weighted by atomic mass is 9.89. The van der Waals surface area contributed by atoms with E-state index in [1.165, 1.54) is 19.3 Å². The highest BCUT2D eigenvalue weighted by Crippen LogP contribution is 2.40. The number of fused-ring (bicyclic) bond motifs is 5. The van der Waals surface area contributed by atoms with Gasteiger partial charge in [0.2, 0.25) is 0 Å². The smallest absolute Gasteiger partial charge is 0.254 e. The van der Waals surface area contributed by atoms with Gasteiger partial charge in [0.1, 0.15) is 5.65 Å². The molecule has 1 aromatic carbocycles. The van der Waals surface area contributed by atoms with Gasteiger partial charge in [-0.2, -0.15) is 0 Å². The summed E-state index contributed by atoms with van der Waals surface area (Å²) in [6, 6.07) is 12.9. The molecule has 5 heterocycles. The number of aromatic nitrogens is 4. The molecule has 4 aromatic rings. The van der Waals surface area contributed by atoms with Crippen molar-refractivity contribution in [2.75, 3.05) is 13.1 Å². The van der Waals surface area contributed by atoms with Crippen LogP contribution in [-0.4, -0.2) is 54.9 Å². The van der Waals surface area contributed by atoms with Crippen LogP contribution < -0.4 is 5.32 Å². The molecule has 3 aromatic heterocycles. The number of hydrogen-bond donors (Lipinski definition) is 1. The van der Waals surface area contributed by atoms with Crippen LogP contribution in [0.5, 0.6) is 0 Å². The summed E-state index contributed by atoms with van der Waals surface area (Å²) in [6.07, 6.45) is 11.2. The van der Waals surface area contributed by atoms with Crippen LogP contribution in [0.15, 0.2) is 59.7 Å². The van der Waals surface area contributed by atoms with Crippen LogP contribution in [0.4, 0.5) is 0 Å². The highest BCUT2D eigenvalue weighted by molar-refractivity contribution is 6.02. The van der Waals surface area contributed by atoms with E-state index in [0.717, 1.165) is 88.3 Å². The molecule has 3 aliphatic carbocycles. The van der Waals surface area contributed by atoms with E-state index in [0.29, 0.717) is 24.4 Å². The summed E-state index contributed by atoms with van der Waals surface area (Å²) < 4.78 is 4.50. The van der Waals surface area contributed by atoms with Crippen molar-refractivity contribution in [3.63, 3.8) is 0 Å². The minimum atomic E-state index is 0.0193. The first-order chi connectivity index (χ1) is 20.5. The van der Waals surface area contributed by atoms with Crippen molar-refractivity contribution < 1.29 is 9.59 Å². The normalized spacial score (nSPS) is 24.8. The number of likely N-dealkylation sites (tertiary alicyclic amines) is 1. The van der Waals surface area contributed by atoms with E-state index in [1.54, 1.807) is 0 Å². The first-order valence-electron chi connectivity index (χ1n) is 15.5. The molecule has 8 nitrogen and oxygen atoms in total. The first-order valence-corrected chi connectivity index (χ1v) is 15.5. The van der Waals surface area contributed by atoms with Gasteiger partial charge in [0.25, 0.3) is 11.8 Å². The molecular weight excluding hydrogens is 524 g/mol. The summed E-state index contributed by atoms with van der Waals surface area (Å²) in [6.45, 7) is 2.44. The molecule has 1 N–H and O–H groups in total. The number of nitrogens with one attached hydrogen (secondary N) is 1. The summed E-state index contributed by atoms with van der Waals surface area (Å²) >= 11 is 0. The van der Waals surface area contributed by atoms with Crippen molar-refractivity contribution >= 4 is 33.9 Å². The highest BCUT2D eigenvalue weighted by atomic mass is 16.2. The number of carbonyl (C=O) groups excluding carboxylic acids is 2. The third-order valence-electron chi connectivity index (χ3n) is 10.3. The fourth-order valence-electron chi connectivity index (χ4n) is 7.80. The van der Waals surface area contributed by atoms with E-state index in [1.807, 2.05) is 12.1 Å². The van der Waals surface area contributed by atoms with E-state index in [-0.39, 0.29) is 17.7 Å². The van der Waals surface area contributed by atoms with Gasteiger partial charge in [0, 0.05) is 55.2 Å². The fourth-order valence-corrected chi connectivity index (χ4v) is 7.80. The van der Waals surface area contributed by atoms with Crippen molar-refractivity contribution in [1.29, 1.82) is 0 Å². The lowest BCUT2D eigenvalue weighted by Gasteiger charge is -2.27. The summed E-state index contributed by atoms with van der Waals surface area (Å²) in [5.74, 6) is 2.48. The number of nitrogens with zero attached hydrogens (tertiary/aromatic N) is 5. The zero-order valence-corrected chi connectivity index (χ0v) is 23.8. The van der Waals surface area contributed by atoms with E-state index in [9.17, 15) is 9.59 Å². The predicted octanol–water partition coefficient (Wildman–Crippen LogP) is 5.09. The molecular formula is C34H34N6O2. The van der Waals surface area contributed by atoms with Crippen LogP contribution >= 0.6 is 0 Å². The molecule has 3 unspecified atom stereocenters. The number of pyridine rings is 1. The Hall–Kier alpha value is -4.20. The van der Waals surface area contributed by atoms with Crippen LogP contribution in [0.1, 0.15) is 60.5 Å². The largest absolute Gasteiger partial charge is 0.348 e. The molecule has 2 bridgehead atoms. The Kier molecular flexibility index (Phi) is 5.17. The number of benzene rings is 1. The number of amides is 2. The van der Waals surface area contributed by atoms with Gasteiger partial charge in [0.15, 0.2) is 5.82 Å². The number of allylic oxidation sites excluding steroid dienone is 2. The Balaban J connectivity index is 1.10. The first kappa shape index (κ1) is 24.4. The van der Waals surface area contributed by atoms with Crippen LogP contribution in [-0.2, 0) is 18.4 Å². The third-order valence-corrected chi connectivity index (χ3v) is 10.3. The molecule has 42 heavy (non-hydrogen) atoms. The Morgan fingerprint density at radius 3 is 2.79 bits per heavy atom. The maximum atomic E-state index is 13.4. The number of carbonyl (C=O) groups is 2. The second-order valence-corrected chi connectivity index (χ2v) is 13.1. The third kappa shape index (κ3) is 3.73. The van der Waals surface area contributed by atoms with E-state index in [2.05, 4.69) is 62.8 Å². The Labute approximate surface area is 244 Å². The number of rotatable bonds is 5. The van der Waals surface area contributed by atoms with Crippen LogP contribution in [0.3, 0.4) is 0 Å². The zero-order chi connectivity index (χ0) is 28.1. The second-order valence-electron chi connectivity index (χ2n) is 13.1. The fraction of sp³-hybridized carbons (Fsp3) is 0.412. The van der Waals surface area contributed by atoms with Gasteiger partial charge < -0.3 is 19.4 Å². The maximum Gasteiger partial charge on any atom is 0.254 e. The van der Waals surface area contributed by atoms with Crippen LogP contribution in [0, 0.1) is 11.8 Å². The van der Waals surface area contributed by atoms with Gasteiger partial charge in [-0.05, 0) is 92.3 Å². The molecule has 0 radical (unpaired) electrons. The van der Waals surface area contributed by atoms with Gasteiger partial charge in [-0.25, -0.2) is 9.97 Å². The van der Waals surface area contributed by atoms with Crippen molar-refractivity contribution in [3.8, 4) is 11.5 Å². The summed E-state index contributed by atoms with van der Waals surface area (Å²) in [4.78, 5) is 38.2. The molecule has 0 spiro atoms. The maximum absolute atomic E-state index is 13.4. The van der Waals surface area contributed by atoms with Crippen molar-refractivity contribution in [2.24, 2.45) is 18.9 Å². The average molecular weight is 559 g/mol. The molecule has 212 valence electrons. The summed E-state index contributed by atoms with van der Waals surface area (Å²) in [7, 11) is 2.06. The molecule has 2 saturated heterocycles. The highest BCUT2D eigenvalue weighted by Gasteiger charge is 2.40. The molecule has 9 rings (SSSR count). The number of piperidine rings is 1. The Morgan fingerprint density at radius 2 is 1.98 bits per heavy atom. The summed E-state index contributed by atoms with van der Waals surface area (Å²) in [5.41, 5.74) is 7.55. The van der Waals surface area contributed by atoms with Crippen LogP contribution in [0.25, 0.3) is 33.6 Å². The van der Waals surface area contributed by atoms with Crippen molar-refractivity contribution in [1.82, 2.24) is 29.3 Å². The zero-order valence-electron chi connectivity index (χ0n) is 23.8. The van der Waals surface area contributed by atoms with E-state index >= 15 is 0 Å². The second kappa shape index (κ2) is 8.90. The van der Waals surface area contributed by atoms with Crippen molar-refractivity contribution in [2.45, 2.75) is 57.0 Å². The average Bonchev–Trinajstić information content (AvgIpc) is 3.38. The number of imidazole rings is 1. The van der Waals surface area contributed by atoms with Gasteiger partial charge in [-0.1, -0.05) is 12.2 Å². The Morgan fingerprint density at radius 1 is 1.07 bits per heavy atom. The quantitative estimate of drug-likeness (QED) is 0.370. The minimum Gasteiger partial charge on any atom is -0.348 e. The molecule has 8 heteroatoms. The minimum absolute atomic E-state index is 0.0193. The lowest BCUT2D eigenvalue weighted by Crippen LogP contribution is -2.37. The molecule has 5 aliphatic rings. The molecule has 2 aliphatic heterocycles. The number of aryl methyl sites for hydroxylation is 1. The van der Waals surface area contributed by atoms with Gasteiger partial charge >= 0.3 is 0 Å². The van der Waals surface area contributed by atoms with Gasteiger partial charge in [-0.15, -0.1) is 0 Å². The van der Waals surface area contributed by atoms with Gasteiger partial charge in [0.05, 0.1) is 22.4 Å². The lowest BCUT2D eigenvalue weighted by molar-refractivity contribution is -0.116. The van der Waals surface area contributed by atoms with Crippen LogP contribution in [0.2, 0.25) is 0 Å². The molecule has 3 atom stereocenters.